The van der Waals surface area contributed by atoms with Gasteiger partial charge in [-0.15, -0.1) is 10.2 Å². The molecular weight excluding hydrogens is 454 g/mol. The van der Waals surface area contributed by atoms with Crippen molar-refractivity contribution in [3.05, 3.63) is 48.3 Å². The Balaban J connectivity index is 1.44. The van der Waals surface area contributed by atoms with Crippen LogP contribution in [-0.4, -0.2) is 54.3 Å². The first-order valence-electron chi connectivity index (χ1n) is 13.0. The number of imidazole rings is 1. The molecule has 1 aliphatic heterocycles. The highest BCUT2D eigenvalue weighted by molar-refractivity contribution is 5.87. The van der Waals surface area contributed by atoms with E-state index in [9.17, 15) is 4.79 Å². The summed E-state index contributed by atoms with van der Waals surface area (Å²) in [5, 5.41) is 14.5. The summed E-state index contributed by atoms with van der Waals surface area (Å²) >= 11 is 0. The van der Waals surface area contributed by atoms with Crippen molar-refractivity contribution in [3.8, 4) is 22.5 Å². The molecule has 1 fully saturated rings. The Morgan fingerprint density at radius 2 is 1.83 bits per heavy atom. The molecule has 0 radical (unpaired) electrons. The lowest BCUT2D eigenvalue weighted by molar-refractivity contribution is -0.144. The lowest BCUT2D eigenvalue weighted by Crippen LogP contribution is -2.26. The van der Waals surface area contributed by atoms with E-state index in [2.05, 4.69) is 32.4 Å². The molecule has 5 rings (SSSR count). The number of tetrazole rings is 1. The molecule has 4 aromatic rings. The standard InChI is InChI=1S/C27H33N7O2/c1-2-3-4-5-6-13-26(35)36-34-24-15-14-20(18-23(24)28-25(34)19-33-16-9-10-17-33)21-11-7-8-12-22(21)27-29-31-32-30-27/h7-8,11-12,14-15,18H,2-6,9-10,13,16-17,19H2,1H3,(H,29,30,31,32). The second-order valence-electron chi connectivity index (χ2n) is 9.42. The van der Waals surface area contributed by atoms with Crippen molar-refractivity contribution in [2.45, 2.75) is 64.8 Å². The maximum absolute atomic E-state index is 12.7. The van der Waals surface area contributed by atoms with Gasteiger partial charge in [-0.2, -0.15) is 9.94 Å². The zero-order valence-corrected chi connectivity index (χ0v) is 20.8. The van der Waals surface area contributed by atoms with Gasteiger partial charge in [0, 0.05) is 12.0 Å². The van der Waals surface area contributed by atoms with Gasteiger partial charge in [0.25, 0.3) is 0 Å². The van der Waals surface area contributed by atoms with Crippen LogP contribution in [-0.2, 0) is 11.3 Å². The predicted octanol–water partition coefficient (Wildman–Crippen LogP) is 4.79. The molecule has 2 aromatic carbocycles. The number of aromatic amines is 1. The summed E-state index contributed by atoms with van der Waals surface area (Å²) in [4.78, 5) is 25.9. The first-order valence-corrected chi connectivity index (χ1v) is 13.0. The van der Waals surface area contributed by atoms with E-state index in [1.165, 1.54) is 25.7 Å². The summed E-state index contributed by atoms with van der Waals surface area (Å²) in [6, 6.07) is 14.0. The fourth-order valence-electron chi connectivity index (χ4n) is 4.84. The number of rotatable bonds is 11. The summed E-state index contributed by atoms with van der Waals surface area (Å²) in [6.07, 6.45) is 8.26. The summed E-state index contributed by atoms with van der Waals surface area (Å²) in [5.74, 6) is 1.09. The molecule has 0 aliphatic carbocycles. The van der Waals surface area contributed by atoms with Crippen LogP contribution >= 0.6 is 0 Å². The van der Waals surface area contributed by atoms with Crippen LogP contribution in [0.25, 0.3) is 33.5 Å². The normalized spacial score (nSPS) is 14.0. The quantitative estimate of drug-likeness (QED) is 0.303. The van der Waals surface area contributed by atoms with Gasteiger partial charge in [0.2, 0.25) is 5.82 Å². The zero-order chi connectivity index (χ0) is 24.7. The van der Waals surface area contributed by atoms with Gasteiger partial charge in [0.15, 0.2) is 5.82 Å². The molecule has 188 valence electrons. The highest BCUT2D eigenvalue weighted by Crippen LogP contribution is 2.32. The molecule has 0 saturated carbocycles. The molecule has 1 N–H and O–H groups in total. The van der Waals surface area contributed by atoms with Crippen LogP contribution in [0.15, 0.2) is 42.5 Å². The first-order chi connectivity index (χ1) is 17.7. The van der Waals surface area contributed by atoms with Crippen molar-refractivity contribution >= 4 is 17.0 Å². The van der Waals surface area contributed by atoms with E-state index < -0.39 is 0 Å². The fourth-order valence-corrected chi connectivity index (χ4v) is 4.84. The van der Waals surface area contributed by atoms with Crippen LogP contribution in [0.2, 0.25) is 0 Å². The van der Waals surface area contributed by atoms with E-state index in [0.717, 1.165) is 65.9 Å². The molecule has 0 bridgehead atoms. The third kappa shape index (κ3) is 5.46. The first kappa shape index (κ1) is 24.1. The molecule has 2 aromatic heterocycles. The topological polar surface area (TPSA) is 102 Å². The van der Waals surface area contributed by atoms with Crippen LogP contribution in [0.5, 0.6) is 0 Å². The smallest absolute Gasteiger partial charge is 0.332 e. The van der Waals surface area contributed by atoms with Crippen molar-refractivity contribution in [1.82, 2.24) is 35.2 Å². The van der Waals surface area contributed by atoms with Crippen molar-refractivity contribution < 1.29 is 9.63 Å². The molecule has 9 heteroatoms. The summed E-state index contributed by atoms with van der Waals surface area (Å²) in [6.45, 7) is 4.93. The SMILES string of the molecule is CCCCCCCC(=O)On1c(CN2CCCC2)nc2cc(-c3ccccc3-c3nn[nH]n3)ccc21. The van der Waals surface area contributed by atoms with Crippen LogP contribution in [0, 0.1) is 0 Å². The summed E-state index contributed by atoms with van der Waals surface area (Å²) in [7, 11) is 0. The van der Waals surface area contributed by atoms with Gasteiger partial charge >= 0.3 is 5.97 Å². The molecule has 36 heavy (non-hydrogen) atoms. The van der Waals surface area contributed by atoms with Gasteiger partial charge in [0.1, 0.15) is 5.52 Å². The Labute approximate surface area is 210 Å². The van der Waals surface area contributed by atoms with Gasteiger partial charge in [-0.25, -0.2) is 9.78 Å². The molecule has 0 amide bonds. The highest BCUT2D eigenvalue weighted by Gasteiger charge is 2.21. The van der Waals surface area contributed by atoms with Crippen molar-refractivity contribution in [3.63, 3.8) is 0 Å². The number of nitrogens with zero attached hydrogens (tertiary/aromatic N) is 6. The van der Waals surface area contributed by atoms with E-state index in [-0.39, 0.29) is 5.97 Å². The summed E-state index contributed by atoms with van der Waals surface area (Å²) in [5.41, 5.74) is 4.45. The van der Waals surface area contributed by atoms with Gasteiger partial charge in [-0.3, -0.25) is 4.90 Å². The van der Waals surface area contributed by atoms with Crippen LogP contribution in [0.1, 0.15) is 64.1 Å². The fraction of sp³-hybridized carbons (Fsp3) is 0.444. The lowest BCUT2D eigenvalue weighted by atomic mass is 9.99. The second kappa shape index (κ2) is 11.4. The molecule has 9 nitrogen and oxygen atoms in total. The maximum atomic E-state index is 12.7. The van der Waals surface area contributed by atoms with Crippen LogP contribution < -0.4 is 4.84 Å². The Bertz CT molecular complexity index is 1290. The van der Waals surface area contributed by atoms with E-state index in [4.69, 9.17) is 9.82 Å². The maximum Gasteiger partial charge on any atom is 0.332 e. The highest BCUT2D eigenvalue weighted by atomic mass is 16.7. The largest absolute Gasteiger partial charge is 0.335 e. The van der Waals surface area contributed by atoms with E-state index in [0.29, 0.717) is 18.8 Å². The van der Waals surface area contributed by atoms with Crippen molar-refractivity contribution in [1.29, 1.82) is 0 Å². The molecule has 3 heterocycles. The van der Waals surface area contributed by atoms with Gasteiger partial charge in [0.05, 0.1) is 12.1 Å². The van der Waals surface area contributed by atoms with Crippen LogP contribution in [0.3, 0.4) is 0 Å². The monoisotopic (exact) mass is 487 g/mol. The number of aromatic nitrogens is 6. The number of fused-ring (bicyclic) bond motifs is 1. The number of unbranched alkanes of at least 4 members (excludes halogenated alkanes) is 4. The third-order valence-electron chi connectivity index (χ3n) is 6.74. The predicted molar refractivity (Wildman–Crippen MR) is 138 cm³/mol. The minimum Gasteiger partial charge on any atom is -0.335 e. The lowest BCUT2D eigenvalue weighted by Gasteiger charge is -2.15. The average molecular weight is 488 g/mol. The van der Waals surface area contributed by atoms with E-state index in [1.54, 1.807) is 4.73 Å². The number of carbonyl (C=O) groups is 1. The number of hydrogen-bond acceptors (Lipinski definition) is 7. The number of nitrogens with one attached hydrogen (secondary N) is 1. The Kier molecular flexibility index (Phi) is 7.66. The minimum atomic E-state index is -0.208. The van der Waals surface area contributed by atoms with Gasteiger partial charge in [-0.1, -0.05) is 62.9 Å². The minimum absolute atomic E-state index is 0.208. The van der Waals surface area contributed by atoms with Gasteiger partial charge in [-0.05, 0) is 60.8 Å². The Hall–Kier alpha value is -3.59. The van der Waals surface area contributed by atoms with Gasteiger partial charge < -0.3 is 4.84 Å². The zero-order valence-electron chi connectivity index (χ0n) is 20.8. The third-order valence-corrected chi connectivity index (χ3v) is 6.74. The molecule has 1 saturated heterocycles. The molecule has 0 atom stereocenters. The Morgan fingerprint density at radius 3 is 2.61 bits per heavy atom. The number of carbonyl (C=O) groups excluding carboxylic acids is 1. The molecular formula is C27H33N7O2. The number of benzene rings is 2. The second-order valence-corrected chi connectivity index (χ2v) is 9.42. The van der Waals surface area contributed by atoms with E-state index in [1.807, 2.05) is 42.5 Å². The molecule has 0 spiro atoms. The Morgan fingerprint density at radius 1 is 1.03 bits per heavy atom. The number of likely N-dealkylation sites (tertiary alicyclic amines) is 1. The average Bonchev–Trinajstić information content (AvgIpc) is 3.67. The number of hydrogen-bond donors (Lipinski definition) is 1. The molecule has 1 aliphatic rings. The van der Waals surface area contributed by atoms with Crippen LogP contribution in [0.4, 0.5) is 0 Å². The summed E-state index contributed by atoms with van der Waals surface area (Å²) < 4.78 is 1.65. The number of H-pyrrole nitrogens is 1. The van der Waals surface area contributed by atoms with Crippen molar-refractivity contribution in [2.24, 2.45) is 0 Å². The van der Waals surface area contributed by atoms with Crippen molar-refractivity contribution in [2.75, 3.05) is 13.1 Å². The van der Waals surface area contributed by atoms with E-state index >= 15 is 0 Å². The molecule has 0 unspecified atom stereocenters.